The van der Waals surface area contributed by atoms with E-state index in [-0.39, 0.29) is 5.41 Å². The molecule has 1 aromatic carbocycles. The van der Waals surface area contributed by atoms with E-state index in [1.165, 1.54) is 12.0 Å². The van der Waals surface area contributed by atoms with Crippen molar-refractivity contribution in [1.82, 2.24) is 5.32 Å². The van der Waals surface area contributed by atoms with Crippen LogP contribution in [0.3, 0.4) is 0 Å². The highest BCUT2D eigenvalue weighted by atomic mass is 16.5. The van der Waals surface area contributed by atoms with Gasteiger partial charge in [0.05, 0.1) is 7.11 Å². The fourth-order valence-electron chi connectivity index (χ4n) is 2.00. The first kappa shape index (κ1) is 14.0. The van der Waals surface area contributed by atoms with Gasteiger partial charge < -0.3 is 10.1 Å². The van der Waals surface area contributed by atoms with Crippen molar-refractivity contribution < 1.29 is 4.74 Å². The van der Waals surface area contributed by atoms with Gasteiger partial charge in [-0.3, -0.25) is 0 Å². The molecule has 0 spiro atoms. The molecule has 0 amide bonds. The number of nitrogens with one attached hydrogen (secondary N) is 1. The second-order valence-corrected chi connectivity index (χ2v) is 5.37. The van der Waals surface area contributed by atoms with E-state index in [0.29, 0.717) is 0 Å². The van der Waals surface area contributed by atoms with Crippen molar-refractivity contribution in [2.75, 3.05) is 20.2 Å². The van der Waals surface area contributed by atoms with Crippen molar-refractivity contribution in [2.45, 2.75) is 33.6 Å². The molecule has 0 fully saturated rings. The van der Waals surface area contributed by atoms with E-state index in [1.54, 1.807) is 7.11 Å². The van der Waals surface area contributed by atoms with Crippen LogP contribution in [0.5, 0.6) is 5.75 Å². The van der Waals surface area contributed by atoms with Crippen LogP contribution < -0.4 is 10.1 Å². The van der Waals surface area contributed by atoms with Gasteiger partial charge in [-0.1, -0.05) is 32.9 Å². The molecule has 0 saturated carbocycles. The fraction of sp³-hybridized carbons (Fsp3) is 0.600. The summed E-state index contributed by atoms with van der Waals surface area (Å²) in [5.41, 5.74) is 1.62. The number of hydrogen-bond acceptors (Lipinski definition) is 2. The van der Waals surface area contributed by atoms with Crippen LogP contribution in [0.15, 0.2) is 24.3 Å². The maximum atomic E-state index is 5.25. The summed E-state index contributed by atoms with van der Waals surface area (Å²) >= 11 is 0. The minimum atomic E-state index is 0.279. The van der Waals surface area contributed by atoms with Gasteiger partial charge >= 0.3 is 0 Å². The smallest absolute Gasteiger partial charge is 0.119 e. The van der Waals surface area contributed by atoms with E-state index in [4.69, 9.17) is 4.74 Å². The minimum absolute atomic E-state index is 0.279. The van der Waals surface area contributed by atoms with Gasteiger partial charge in [-0.25, -0.2) is 0 Å². The van der Waals surface area contributed by atoms with Crippen molar-refractivity contribution in [2.24, 2.45) is 5.41 Å². The standard InChI is InChI=1S/C15H25NO/c1-5-9-16-12-15(2,3)11-13-7-6-8-14(10-13)17-4/h6-8,10,16H,5,9,11-12H2,1-4H3. The molecular weight excluding hydrogens is 210 g/mol. The van der Waals surface area contributed by atoms with Gasteiger partial charge in [-0.2, -0.15) is 0 Å². The third kappa shape index (κ3) is 5.22. The maximum Gasteiger partial charge on any atom is 0.119 e. The Morgan fingerprint density at radius 1 is 1.29 bits per heavy atom. The predicted octanol–water partition coefficient (Wildman–Crippen LogP) is 3.26. The second kappa shape index (κ2) is 6.65. The Bertz CT molecular complexity index is 333. The van der Waals surface area contributed by atoms with E-state index >= 15 is 0 Å². The minimum Gasteiger partial charge on any atom is -0.497 e. The van der Waals surface area contributed by atoms with Crippen molar-refractivity contribution in [1.29, 1.82) is 0 Å². The van der Waals surface area contributed by atoms with Gasteiger partial charge in [0.1, 0.15) is 5.75 Å². The SMILES string of the molecule is CCCNCC(C)(C)Cc1cccc(OC)c1. The maximum absolute atomic E-state index is 5.25. The molecule has 1 rings (SSSR count). The number of hydrogen-bond donors (Lipinski definition) is 1. The summed E-state index contributed by atoms with van der Waals surface area (Å²) in [6.07, 6.45) is 2.26. The van der Waals surface area contributed by atoms with Crippen LogP contribution in [0.25, 0.3) is 0 Å². The van der Waals surface area contributed by atoms with Crippen LogP contribution in [-0.4, -0.2) is 20.2 Å². The molecule has 2 nitrogen and oxygen atoms in total. The third-order valence-corrected chi connectivity index (χ3v) is 2.85. The zero-order valence-electron chi connectivity index (χ0n) is 11.5. The van der Waals surface area contributed by atoms with Crippen molar-refractivity contribution in [3.8, 4) is 5.75 Å². The molecule has 0 bridgehead atoms. The molecule has 0 aromatic heterocycles. The first-order valence-electron chi connectivity index (χ1n) is 6.41. The predicted molar refractivity (Wildman–Crippen MR) is 73.6 cm³/mol. The summed E-state index contributed by atoms with van der Waals surface area (Å²) in [5.74, 6) is 0.944. The lowest BCUT2D eigenvalue weighted by molar-refractivity contribution is 0.338. The quantitative estimate of drug-likeness (QED) is 0.732. The number of ether oxygens (including phenoxy) is 1. The summed E-state index contributed by atoms with van der Waals surface area (Å²) in [4.78, 5) is 0. The third-order valence-electron chi connectivity index (χ3n) is 2.85. The van der Waals surface area contributed by atoms with Gasteiger partial charge in [0.15, 0.2) is 0 Å². The summed E-state index contributed by atoms with van der Waals surface area (Å²) in [5, 5.41) is 3.49. The molecule has 1 aromatic rings. The number of benzene rings is 1. The first-order valence-corrected chi connectivity index (χ1v) is 6.41. The van der Waals surface area contributed by atoms with Crippen molar-refractivity contribution in [3.05, 3.63) is 29.8 Å². The zero-order valence-corrected chi connectivity index (χ0v) is 11.5. The van der Waals surface area contributed by atoms with Gasteiger partial charge in [0.2, 0.25) is 0 Å². The zero-order chi connectivity index (χ0) is 12.7. The van der Waals surface area contributed by atoms with Crippen molar-refractivity contribution >= 4 is 0 Å². The van der Waals surface area contributed by atoms with Crippen LogP contribution in [0, 0.1) is 5.41 Å². The van der Waals surface area contributed by atoms with Gasteiger partial charge in [0.25, 0.3) is 0 Å². The van der Waals surface area contributed by atoms with E-state index in [1.807, 2.05) is 6.07 Å². The number of rotatable bonds is 7. The average Bonchev–Trinajstić information content (AvgIpc) is 2.29. The number of methoxy groups -OCH3 is 1. The Hall–Kier alpha value is -1.02. The van der Waals surface area contributed by atoms with Crippen LogP contribution in [-0.2, 0) is 6.42 Å². The van der Waals surface area contributed by atoms with Crippen LogP contribution in [0.4, 0.5) is 0 Å². The molecular formula is C15H25NO. The van der Waals surface area contributed by atoms with E-state index < -0.39 is 0 Å². The summed E-state index contributed by atoms with van der Waals surface area (Å²) in [6, 6.07) is 8.35. The Balaban J connectivity index is 2.55. The molecule has 1 N–H and O–H groups in total. The average molecular weight is 235 g/mol. The lowest BCUT2D eigenvalue weighted by Gasteiger charge is -2.25. The topological polar surface area (TPSA) is 21.3 Å². The van der Waals surface area contributed by atoms with Crippen molar-refractivity contribution in [3.63, 3.8) is 0 Å². The van der Waals surface area contributed by atoms with Gasteiger partial charge in [-0.15, -0.1) is 0 Å². The lowest BCUT2D eigenvalue weighted by Crippen LogP contribution is -2.31. The second-order valence-electron chi connectivity index (χ2n) is 5.37. The molecule has 17 heavy (non-hydrogen) atoms. The summed E-state index contributed by atoms with van der Waals surface area (Å²) in [7, 11) is 1.72. The highest BCUT2D eigenvalue weighted by molar-refractivity contribution is 5.29. The lowest BCUT2D eigenvalue weighted by atomic mass is 9.85. The monoisotopic (exact) mass is 235 g/mol. The Kier molecular flexibility index (Phi) is 5.49. The summed E-state index contributed by atoms with van der Waals surface area (Å²) < 4.78 is 5.25. The van der Waals surface area contributed by atoms with E-state index in [9.17, 15) is 0 Å². The molecule has 0 heterocycles. The highest BCUT2D eigenvalue weighted by Gasteiger charge is 2.18. The molecule has 0 unspecified atom stereocenters. The molecule has 96 valence electrons. The van der Waals surface area contributed by atoms with E-state index in [2.05, 4.69) is 44.3 Å². The van der Waals surface area contributed by atoms with E-state index in [0.717, 1.165) is 25.3 Å². The molecule has 2 heteroatoms. The molecule has 0 saturated heterocycles. The molecule has 0 radical (unpaired) electrons. The highest BCUT2D eigenvalue weighted by Crippen LogP contribution is 2.23. The molecule has 0 aliphatic heterocycles. The fourth-order valence-corrected chi connectivity index (χ4v) is 2.00. The molecule has 0 aliphatic carbocycles. The normalized spacial score (nSPS) is 11.5. The molecule has 0 atom stereocenters. The van der Waals surface area contributed by atoms with Crippen LogP contribution in [0.1, 0.15) is 32.8 Å². The first-order chi connectivity index (χ1) is 8.07. The van der Waals surface area contributed by atoms with Crippen LogP contribution in [0.2, 0.25) is 0 Å². The largest absolute Gasteiger partial charge is 0.497 e. The Labute approximate surface area is 105 Å². The van der Waals surface area contributed by atoms with Gasteiger partial charge in [-0.05, 0) is 42.5 Å². The van der Waals surface area contributed by atoms with Gasteiger partial charge in [0, 0.05) is 6.54 Å². The Morgan fingerprint density at radius 3 is 2.71 bits per heavy atom. The molecule has 0 aliphatic rings. The summed E-state index contributed by atoms with van der Waals surface area (Å²) in [6.45, 7) is 8.95. The Morgan fingerprint density at radius 2 is 2.06 bits per heavy atom. The van der Waals surface area contributed by atoms with Crippen LogP contribution >= 0.6 is 0 Å².